The maximum Gasteiger partial charge on any atom is 0.311 e. The van der Waals surface area contributed by atoms with E-state index in [1.165, 1.54) is 25.7 Å². The Bertz CT molecular complexity index is 1580. The first kappa shape index (κ1) is 67.3. The van der Waals surface area contributed by atoms with E-state index in [2.05, 4.69) is 0 Å². The fourth-order valence-electron chi connectivity index (χ4n) is 10.9. The van der Waals surface area contributed by atoms with Crippen molar-refractivity contribution in [2.45, 2.75) is 229 Å². The molecule has 17 atom stereocenters. The van der Waals surface area contributed by atoms with Gasteiger partial charge in [0.2, 0.25) is 0 Å². The van der Waals surface area contributed by atoms with E-state index in [1.807, 2.05) is 85.7 Å². The molecule has 4 bridgehead atoms. The Kier molecular flexibility index (Phi) is 29.1. The lowest BCUT2D eigenvalue weighted by Crippen LogP contribution is -2.35. The van der Waals surface area contributed by atoms with E-state index < -0.39 is 5.97 Å². The maximum absolute atomic E-state index is 11.9. The second-order valence-electron chi connectivity index (χ2n) is 19.5. The number of hydrogen-bond donors (Lipinski definition) is 1. The van der Waals surface area contributed by atoms with Crippen molar-refractivity contribution in [1.82, 2.24) is 0 Å². The summed E-state index contributed by atoms with van der Waals surface area (Å²) >= 11 is 0. The first-order chi connectivity index (χ1) is 27.6. The van der Waals surface area contributed by atoms with Crippen LogP contribution in [0, 0.1) is 70.5 Å². The highest BCUT2D eigenvalue weighted by Crippen LogP contribution is 2.66. The molecule has 10 heteroatoms. The molecule has 388 valence electrons. The lowest BCUT2D eigenvalue weighted by molar-refractivity contribution is -0.159. The minimum Gasteiger partial charge on any atom is -0.481 e. The molecule has 2 aliphatic heterocycles. The number of hydrogen-bond acceptors (Lipinski definition) is 9. The summed E-state index contributed by atoms with van der Waals surface area (Å²) in [6.07, 6.45) is 13.2. The van der Waals surface area contributed by atoms with Crippen molar-refractivity contribution >= 4 is 23.9 Å². The molecule has 2 saturated heterocycles. The summed E-state index contributed by atoms with van der Waals surface area (Å²) < 4.78 is 28.2. The van der Waals surface area contributed by atoms with Crippen LogP contribution in [-0.4, -0.2) is 65.6 Å². The van der Waals surface area contributed by atoms with Gasteiger partial charge in [-0.3, -0.25) is 19.2 Å². The van der Waals surface area contributed by atoms with Gasteiger partial charge in [-0.15, -0.1) is 0 Å². The molecular weight excluding hydrogens is 833 g/mol. The highest BCUT2D eigenvalue weighted by Gasteiger charge is 2.68. The highest BCUT2D eigenvalue weighted by molar-refractivity contribution is 5.75. The Labute approximate surface area is 406 Å². The van der Waals surface area contributed by atoms with E-state index in [-0.39, 0.29) is 113 Å². The Morgan fingerprint density at radius 1 is 0.606 bits per heavy atom. The van der Waals surface area contributed by atoms with Gasteiger partial charge < -0.3 is 28.8 Å². The lowest BCUT2D eigenvalue weighted by atomic mass is 9.79. The molecule has 8 fully saturated rings. The van der Waals surface area contributed by atoms with Crippen molar-refractivity contribution in [2.24, 2.45) is 70.5 Å². The third-order valence-corrected chi connectivity index (χ3v) is 15.6. The van der Waals surface area contributed by atoms with Crippen LogP contribution in [0.2, 0.25) is 0 Å². The van der Waals surface area contributed by atoms with E-state index in [9.17, 15) is 19.2 Å². The number of carboxylic acid groups (broad SMARTS) is 1. The first-order valence-corrected chi connectivity index (χ1v) is 22.8. The van der Waals surface area contributed by atoms with Crippen LogP contribution in [0.1, 0.15) is 191 Å². The monoisotopic (exact) mass is 937 g/mol. The standard InChI is InChI=1S/2C15H22O3.C13H18O2.C5H10O2.8CH4/c1-3-7(2)15(16)18-11-5-8-4-10(11)13-9(8)6-12-14(13)17-12;1-3-7(2)15(16)18-11-5-8-4-9(11)10-6-12-14(17-12)13(8)10;1-4-13(2,3)12(14)15-10-11-8-6-5-7-9-11;1-3-4(2)5(6)7;;;;;;;;/h2*7-14H,3-6H2,1-2H3;5-9H,4,10H2,1-3H3;4H,3H2,1-2H3,(H,6,7);8*1H4. The van der Waals surface area contributed by atoms with Crippen molar-refractivity contribution in [3.05, 3.63) is 35.9 Å². The molecule has 1 aromatic carbocycles. The summed E-state index contributed by atoms with van der Waals surface area (Å²) in [5.74, 6) is 5.14. The second kappa shape index (κ2) is 28.5. The van der Waals surface area contributed by atoms with Crippen LogP contribution in [0.3, 0.4) is 0 Å². The number of epoxide rings is 2. The molecular formula is C56H104O10. The van der Waals surface area contributed by atoms with E-state index in [0.717, 1.165) is 73.7 Å². The zero-order valence-electron chi connectivity index (χ0n) is 36.6. The van der Waals surface area contributed by atoms with Crippen LogP contribution in [0.25, 0.3) is 0 Å². The van der Waals surface area contributed by atoms with E-state index >= 15 is 0 Å². The van der Waals surface area contributed by atoms with Crippen molar-refractivity contribution in [2.75, 3.05) is 0 Å². The van der Waals surface area contributed by atoms with Gasteiger partial charge in [-0.2, -0.15) is 0 Å². The van der Waals surface area contributed by atoms with E-state index in [1.54, 1.807) is 6.92 Å². The minimum atomic E-state index is -0.706. The van der Waals surface area contributed by atoms with Crippen LogP contribution in [0.4, 0.5) is 0 Å². The number of aliphatic carboxylic acids is 1. The van der Waals surface area contributed by atoms with Gasteiger partial charge in [0.05, 0.1) is 47.6 Å². The molecule has 6 saturated carbocycles. The van der Waals surface area contributed by atoms with Gasteiger partial charge in [0.1, 0.15) is 18.8 Å². The highest BCUT2D eigenvalue weighted by atomic mass is 16.6. The van der Waals surface area contributed by atoms with Gasteiger partial charge in [0.25, 0.3) is 0 Å². The molecule has 17 unspecified atom stereocenters. The van der Waals surface area contributed by atoms with Crippen LogP contribution < -0.4 is 0 Å². The summed E-state index contributed by atoms with van der Waals surface area (Å²) in [5.41, 5.74) is 0.646. The van der Waals surface area contributed by atoms with Crippen LogP contribution in [0.15, 0.2) is 30.3 Å². The minimum absolute atomic E-state index is 0. The zero-order valence-corrected chi connectivity index (χ0v) is 36.6. The number of benzene rings is 1. The molecule has 0 aromatic heterocycles. The van der Waals surface area contributed by atoms with Crippen molar-refractivity contribution in [3.63, 3.8) is 0 Å². The van der Waals surface area contributed by atoms with Crippen LogP contribution in [-0.2, 0) is 49.5 Å². The number of fused-ring (bicyclic) bond motifs is 14. The summed E-state index contributed by atoms with van der Waals surface area (Å²) in [5, 5.41) is 8.18. The normalized spacial score (nSPS) is 32.8. The zero-order chi connectivity index (χ0) is 42.1. The quantitative estimate of drug-likeness (QED) is 0.122. The third kappa shape index (κ3) is 15.0. The lowest BCUT2D eigenvalue weighted by Gasteiger charge is -2.32. The van der Waals surface area contributed by atoms with E-state index in [4.69, 9.17) is 28.8 Å². The molecule has 0 amide bonds. The average Bonchev–Trinajstić information content (AvgIpc) is 3.67. The maximum atomic E-state index is 11.9. The number of esters is 3. The van der Waals surface area contributed by atoms with Gasteiger partial charge >= 0.3 is 23.9 Å². The largest absolute Gasteiger partial charge is 0.481 e. The third-order valence-electron chi connectivity index (χ3n) is 15.6. The molecule has 6 aliphatic carbocycles. The Hall–Kier alpha value is -2.98. The summed E-state index contributed by atoms with van der Waals surface area (Å²) in [6.45, 7) is 17.7. The number of rotatable bonds is 12. The Balaban J connectivity index is -0.000000801. The molecule has 0 spiro atoms. The molecule has 1 aromatic rings. The van der Waals surface area contributed by atoms with Crippen LogP contribution >= 0.6 is 0 Å². The number of ether oxygens (including phenoxy) is 5. The Morgan fingerprint density at radius 3 is 1.53 bits per heavy atom. The van der Waals surface area contributed by atoms with E-state index in [0.29, 0.717) is 48.8 Å². The molecule has 8 aliphatic rings. The van der Waals surface area contributed by atoms with Gasteiger partial charge in [0.15, 0.2) is 0 Å². The second-order valence-corrected chi connectivity index (χ2v) is 19.5. The predicted octanol–water partition coefficient (Wildman–Crippen LogP) is 14.1. The molecule has 0 radical (unpaired) electrons. The first-order valence-electron chi connectivity index (χ1n) is 22.8. The smallest absolute Gasteiger partial charge is 0.311 e. The van der Waals surface area contributed by atoms with Crippen molar-refractivity contribution in [3.8, 4) is 0 Å². The summed E-state index contributed by atoms with van der Waals surface area (Å²) in [7, 11) is 0. The fraction of sp³-hybridized carbons (Fsp3) is 0.821. The van der Waals surface area contributed by atoms with Crippen molar-refractivity contribution < 1.29 is 48.0 Å². The van der Waals surface area contributed by atoms with Gasteiger partial charge in [-0.05, 0) is 125 Å². The SMILES string of the molecule is C.C.C.C.C.C.C.C.CCC(C)(C)C(=O)OCc1ccccc1.CCC(C)C(=O)O.CCC(C)C(=O)OC1CC2CC1C1C2CC2OC21.CCC(C)C(=O)OC1CC2CC1C1CC3OC3C21. The fourth-order valence-corrected chi connectivity index (χ4v) is 10.9. The number of carbonyl (C=O) groups excluding carboxylic acids is 3. The summed E-state index contributed by atoms with van der Waals surface area (Å²) in [4.78, 5) is 45.4. The van der Waals surface area contributed by atoms with Gasteiger partial charge in [-0.1, -0.05) is 138 Å². The molecule has 10 nitrogen and oxygen atoms in total. The van der Waals surface area contributed by atoms with Gasteiger partial charge in [0, 0.05) is 5.92 Å². The number of carboxylic acids is 1. The topological polar surface area (TPSA) is 141 Å². The molecule has 1 N–H and O–H groups in total. The number of carbonyl (C=O) groups is 4. The summed E-state index contributed by atoms with van der Waals surface area (Å²) in [6, 6.07) is 9.72. The van der Waals surface area contributed by atoms with Crippen molar-refractivity contribution in [1.29, 1.82) is 0 Å². The molecule has 2 heterocycles. The average molecular weight is 937 g/mol. The molecule has 66 heavy (non-hydrogen) atoms. The van der Waals surface area contributed by atoms with Gasteiger partial charge in [-0.25, -0.2) is 0 Å². The predicted molar refractivity (Wildman–Crippen MR) is 273 cm³/mol. The molecule has 9 rings (SSSR count). The Morgan fingerprint density at radius 2 is 1.06 bits per heavy atom. The van der Waals surface area contributed by atoms with Crippen LogP contribution in [0.5, 0.6) is 0 Å².